The highest BCUT2D eigenvalue weighted by atomic mass is 16.4. The third-order valence-electron chi connectivity index (χ3n) is 4.61. The Labute approximate surface area is 166 Å². The molecule has 144 valence electrons. The first-order valence-electron chi connectivity index (χ1n) is 9.69. The number of nitrogens with zero attached hydrogens (tertiary/aromatic N) is 2. The molecule has 2 aromatic carbocycles. The molecule has 1 aromatic heterocycles. The van der Waals surface area contributed by atoms with Crippen molar-refractivity contribution in [1.82, 2.24) is 9.88 Å². The van der Waals surface area contributed by atoms with E-state index < -0.39 is 0 Å². The Bertz CT molecular complexity index is 872. The highest BCUT2D eigenvalue weighted by Gasteiger charge is 2.13. The van der Waals surface area contributed by atoms with Crippen molar-refractivity contribution in [3.63, 3.8) is 0 Å². The molecular weight excluding hydrogens is 348 g/mol. The highest BCUT2D eigenvalue weighted by molar-refractivity contribution is 5.76. The van der Waals surface area contributed by atoms with Gasteiger partial charge in [-0.3, -0.25) is 4.79 Å². The standard InChI is InChI=1S/C24H26N2O2/c1-2-17-26(18-16-20-10-5-3-6-11-20)24(27)15-9-14-23-25-19-22(28-23)21-12-7-4-8-13-21/h2-8,10-13,19H,1,9,14-18H2. The van der Waals surface area contributed by atoms with Gasteiger partial charge in [0, 0.05) is 31.5 Å². The molecule has 1 heterocycles. The van der Waals surface area contributed by atoms with Crippen molar-refractivity contribution in [3.8, 4) is 11.3 Å². The van der Waals surface area contributed by atoms with Gasteiger partial charge in [0.25, 0.3) is 0 Å². The molecule has 0 N–H and O–H groups in total. The zero-order valence-electron chi connectivity index (χ0n) is 16.1. The van der Waals surface area contributed by atoms with Gasteiger partial charge in [0.15, 0.2) is 11.7 Å². The lowest BCUT2D eigenvalue weighted by Gasteiger charge is -2.21. The summed E-state index contributed by atoms with van der Waals surface area (Å²) >= 11 is 0. The fourth-order valence-corrected chi connectivity index (χ4v) is 3.09. The minimum Gasteiger partial charge on any atom is -0.441 e. The van der Waals surface area contributed by atoms with Gasteiger partial charge in [0.05, 0.1) is 6.20 Å². The van der Waals surface area contributed by atoms with Crippen LogP contribution in [0.1, 0.15) is 24.3 Å². The van der Waals surface area contributed by atoms with Gasteiger partial charge in [-0.05, 0) is 18.4 Å². The molecule has 4 heteroatoms. The van der Waals surface area contributed by atoms with Gasteiger partial charge < -0.3 is 9.32 Å². The number of oxazole rings is 1. The van der Waals surface area contributed by atoms with E-state index in [-0.39, 0.29) is 5.91 Å². The first kappa shape index (κ1) is 19.6. The lowest BCUT2D eigenvalue weighted by Crippen LogP contribution is -2.33. The Morgan fingerprint density at radius 3 is 2.46 bits per heavy atom. The minimum absolute atomic E-state index is 0.144. The number of carbonyl (C=O) groups excluding carboxylic acids is 1. The number of rotatable bonds is 10. The predicted molar refractivity (Wildman–Crippen MR) is 112 cm³/mol. The summed E-state index contributed by atoms with van der Waals surface area (Å²) in [5.41, 5.74) is 2.24. The Kier molecular flexibility index (Phi) is 7.19. The van der Waals surface area contributed by atoms with Crippen LogP contribution in [0.4, 0.5) is 0 Å². The maximum Gasteiger partial charge on any atom is 0.222 e. The Balaban J connectivity index is 1.48. The average Bonchev–Trinajstić information content (AvgIpc) is 3.21. The molecule has 0 aliphatic carbocycles. The number of carbonyl (C=O) groups is 1. The molecular formula is C24H26N2O2. The van der Waals surface area contributed by atoms with Crippen molar-refractivity contribution in [2.24, 2.45) is 0 Å². The maximum absolute atomic E-state index is 12.6. The number of aromatic nitrogens is 1. The van der Waals surface area contributed by atoms with E-state index in [1.54, 1.807) is 12.3 Å². The van der Waals surface area contributed by atoms with Crippen LogP contribution < -0.4 is 0 Å². The second-order valence-corrected chi connectivity index (χ2v) is 6.70. The van der Waals surface area contributed by atoms with Gasteiger partial charge >= 0.3 is 0 Å². The van der Waals surface area contributed by atoms with Crippen LogP contribution >= 0.6 is 0 Å². The molecule has 3 aromatic rings. The summed E-state index contributed by atoms with van der Waals surface area (Å²) in [5, 5.41) is 0. The van der Waals surface area contributed by atoms with Crippen molar-refractivity contribution in [2.75, 3.05) is 13.1 Å². The Morgan fingerprint density at radius 2 is 1.75 bits per heavy atom. The minimum atomic E-state index is 0.144. The Morgan fingerprint density at radius 1 is 1.04 bits per heavy atom. The molecule has 0 saturated heterocycles. The second-order valence-electron chi connectivity index (χ2n) is 6.70. The number of hydrogen-bond acceptors (Lipinski definition) is 3. The fraction of sp³-hybridized carbons (Fsp3) is 0.250. The largest absolute Gasteiger partial charge is 0.441 e. The number of aryl methyl sites for hydroxylation is 1. The molecule has 0 saturated carbocycles. The van der Waals surface area contributed by atoms with Crippen LogP contribution in [0.15, 0.2) is 83.9 Å². The smallest absolute Gasteiger partial charge is 0.222 e. The molecule has 28 heavy (non-hydrogen) atoms. The van der Waals surface area contributed by atoms with Crippen molar-refractivity contribution in [2.45, 2.75) is 25.7 Å². The van der Waals surface area contributed by atoms with Crippen LogP contribution in [0.2, 0.25) is 0 Å². The van der Waals surface area contributed by atoms with E-state index in [0.717, 1.165) is 17.7 Å². The van der Waals surface area contributed by atoms with Gasteiger partial charge in [-0.15, -0.1) is 6.58 Å². The first-order valence-corrected chi connectivity index (χ1v) is 9.69. The molecule has 0 aliphatic rings. The summed E-state index contributed by atoms with van der Waals surface area (Å²) in [6, 6.07) is 20.1. The molecule has 0 bridgehead atoms. The summed E-state index contributed by atoms with van der Waals surface area (Å²) in [7, 11) is 0. The first-order chi connectivity index (χ1) is 13.8. The average molecular weight is 374 g/mol. The number of amides is 1. The van der Waals surface area contributed by atoms with Gasteiger partial charge in [0.2, 0.25) is 5.91 Å². The summed E-state index contributed by atoms with van der Waals surface area (Å²) in [5.74, 6) is 1.58. The van der Waals surface area contributed by atoms with Gasteiger partial charge in [0.1, 0.15) is 0 Å². The summed E-state index contributed by atoms with van der Waals surface area (Å²) in [4.78, 5) is 18.8. The summed E-state index contributed by atoms with van der Waals surface area (Å²) in [6.45, 7) is 5.05. The van der Waals surface area contributed by atoms with Crippen LogP contribution in [0.3, 0.4) is 0 Å². The van der Waals surface area contributed by atoms with E-state index in [1.165, 1.54) is 5.56 Å². The zero-order chi connectivity index (χ0) is 19.6. The molecule has 4 nitrogen and oxygen atoms in total. The maximum atomic E-state index is 12.6. The SMILES string of the molecule is C=CCN(CCc1ccccc1)C(=O)CCCc1ncc(-c2ccccc2)o1. The highest BCUT2D eigenvalue weighted by Crippen LogP contribution is 2.20. The quantitative estimate of drug-likeness (QED) is 0.473. The molecule has 1 amide bonds. The molecule has 0 spiro atoms. The Hall–Kier alpha value is -3.14. The fourth-order valence-electron chi connectivity index (χ4n) is 3.09. The topological polar surface area (TPSA) is 46.3 Å². The van der Waals surface area contributed by atoms with Crippen molar-refractivity contribution < 1.29 is 9.21 Å². The third-order valence-corrected chi connectivity index (χ3v) is 4.61. The lowest BCUT2D eigenvalue weighted by molar-refractivity contribution is -0.130. The van der Waals surface area contributed by atoms with Crippen molar-refractivity contribution in [1.29, 1.82) is 0 Å². The molecule has 3 rings (SSSR count). The molecule has 0 fully saturated rings. The van der Waals surface area contributed by atoms with E-state index in [4.69, 9.17) is 4.42 Å². The monoisotopic (exact) mass is 374 g/mol. The molecule has 0 atom stereocenters. The van der Waals surface area contributed by atoms with Gasteiger partial charge in [-0.1, -0.05) is 66.7 Å². The van der Waals surface area contributed by atoms with Crippen LogP contribution in [-0.4, -0.2) is 28.9 Å². The van der Waals surface area contributed by atoms with Crippen LogP contribution in [0, 0.1) is 0 Å². The molecule has 0 radical (unpaired) electrons. The number of hydrogen-bond donors (Lipinski definition) is 0. The van der Waals surface area contributed by atoms with Gasteiger partial charge in [-0.25, -0.2) is 4.98 Å². The summed E-state index contributed by atoms with van der Waals surface area (Å²) < 4.78 is 5.81. The summed E-state index contributed by atoms with van der Waals surface area (Å²) in [6.07, 6.45) is 6.22. The predicted octanol–water partition coefficient (Wildman–Crippen LogP) is 4.92. The number of benzene rings is 2. The molecule has 0 unspecified atom stereocenters. The van der Waals surface area contributed by atoms with E-state index in [9.17, 15) is 4.79 Å². The van der Waals surface area contributed by atoms with E-state index >= 15 is 0 Å². The van der Waals surface area contributed by atoms with Gasteiger partial charge in [-0.2, -0.15) is 0 Å². The van der Waals surface area contributed by atoms with Crippen molar-refractivity contribution >= 4 is 5.91 Å². The van der Waals surface area contributed by atoms with Crippen LogP contribution in [0.5, 0.6) is 0 Å². The lowest BCUT2D eigenvalue weighted by atomic mass is 10.1. The zero-order valence-corrected chi connectivity index (χ0v) is 16.1. The van der Waals surface area contributed by atoms with Crippen LogP contribution in [0.25, 0.3) is 11.3 Å². The van der Waals surface area contributed by atoms with E-state index in [2.05, 4.69) is 23.7 Å². The van der Waals surface area contributed by atoms with Crippen LogP contribution in [-0.2, 0) is 17.6 Å². The molecule has 0 aliphatic heterocycles. The third kappa shape index (κ3) is 5.68. The normalized spacial score (nSPS) is 10.6. The van der Waals surface area contributed by atoms with E-state index in [1.807, 2.05) is 53.4 Å². The second kappa shape index (κ2) is 10.3. The van der Waals surface area contributed by atoms with E-state index in [0.29, 0.717) is 38.2 Å². The van der Waals surface area contributed by atoms with Crippen molar-refractivity contribution in [3.05, 3.63) is 91.0 Å².